The van der Waals surface area contributed by atoms with Crippen LogP contribution in [-0.4, -0.2) is 47.1 Å². The zero-order chi connectivity index (χ0) is 16.4. The molecule has 0 aromatic heterocycles. The van der Waals surface area contributed by atoms with Gasteiger partial charge in [-0.3, -0.25) is 10.1 Å². The number of rotatable bonds is 4. The third kappa shape index (κ3) is 3.23. The first-order chi connectivity index (χ1) is 11.0. The fourth-order valence-corrected chi connectivity index (χ4v) is 3.56. The highest BCUT2D eigenvalue weighted by atomic mass is 16.3. The average molecular weight is 317 g/mol. The van der Waals surface area contributed by atoms with Gasteiger partial charge in [-0.1, -0.05) is 30.3 Å². The molecule has 2 saturated heterocycles. The van der Waals surface area contributed by atoms with Crippen molar-refractivity contribution in [2.75, 3.05) is 19.6 Å². The smallest absolute Gasteiger partial charge is 0.322 e. The molecular weight excluding hydrogens is 294 g/mol. The Morgan fingerprint density at radius 2 is 2.09 bits per heavy atom. The number of carbonyl (C=O) groups is 2. The van der Waals surface area contributed by atoms with E-state index in [4.69, 9.17) is 0 Å². The maximum atomic E-state index is 12.1. The van der Waals surface area contributed by atoms with Gasteiger partial charge in [-0.25, -0.2) is 4.79 Å². The summed E-state index contributed by atoms with van der Waals surface area (Å²) in [6.07, 6.45) is 1.29. The number of nitrogens with zero attached hydrogens (tertiary/aromatic N) is 1. The Morgan fingerprint density at radius 3 is 2.74 bits per heavy atom. The van der Waals surface area contributed by atoms with Gasteiger partial charge >= 0.3 is 6.03 Å². The molecular formula is C17H23N3O3. The van der Waals surface area contributed by atoms with Crippen molar-refractivity contribution in [1.82, 2.24) is 15.5 Å². The van der Waals surface area contributed by atoms with Gasteiger partial charge in [0.25, 0.3) is 5.91 Å². The maximum Gasteiger partial charge on any atom is 0.322 e. The van der Waals surface area contributed by atoms with Gasteiger partial charge in [0.2, 0.25) is 0 Å². The summed E-state index contributed by atoms with van der Waals surface area (Å²) >= 11 is 0. The minimum atomic E-state index is -0.854. The number of nitrogens with one attached hydrogen (secondary N) is 2. The molecule has 0 spiro atoms. The molecule has 3 N–H and O–H groups in total. The second-order valence-electron chi connectivity index (χ2n) is 6.64. The summed E-state index contributed by atoms with van der Waals surface area (Å²) in [5.41, 5.74) is 0.0423. The van der Waals surface area contributed by atoms with Crippen LogP contribution in [0, 0.1) is 5.92 Å². The van der Waals surface area contributed by atoms with Crippen molar-refractivity contribution in [3.8, 4) is 0 Å². The van der Waals surface area contributed by atoms with Gasteiger partial charge in [0.15, 0.2) is 0 Å². The predicted molar refractivity (Wildman–Crippen MR) is 85.6 cm³/mol. The molecule has 2 heterocycles. The number of aliphatic hydroxyl groups is 1. The molecule has 124 valence electrons. The molecule has 6 nitrogen and oxygen atoms in total. The second-order valence-corrected chi connectivity index (χ2v) is 6.64. The Balaban J connectivity index is 1.65. The molecule has 3 unspecified atom stereocenters. The number of aliphatic hydroxyl groups excluding tert-OH is 1. The number of hydrogen-bond acceptors (Lipinski definition) is 4. The van der Waals surface area contributed by atoms with Crippen molar-refractivity contribution >= 4 is 11.9 Å². The average Bonchev–Trinajstić information content (AvgIpc) is 2.82. The molecule has 6 heteroatoms. The van der Waals surface area contributed by atoms with Gasteiger partial charge in [0, 0.05) is 19.0 Å². The fraction of sp³-hybridized carbons (Fsp3) is 0.529. The Kier molecular flexibility index (Phi) is 4.37. The van der Waals surface area contributed by atoms with E-state index >= 15 is 0 Å². The lowest BCUT2D eigenvalue weighted by atomic mass is 9.80. The predicted octanol–water partition coefficient (Wildman–Crippen LogP) is 1.03. The largest absolute Gasteiger partial charge is 0.387 e. The third-order valence-corrected chi connectivity index (χ3v) is 5.01. The summed E-state index contributed by atoms with van der Waals surface area (Å²) in [5.74, 6) is -0.205. The summed E-state index contributed by atoms with van der Waals surface area (Å²) in [4.78, 5) is 25.7. The summed E-state index contributed by atoms with van der Waals surface area (Å²) in [6, 6.07) is 9.17. The fourth-order valence-electron chi connectivity index (χ4n) is 3.56. The summed E-state index contributed by atoms with van der Waals surface area (Å²) in [6.45, 7) is 3.90. The quantitative estimate of drug-likeness (QED) is 0.725. The van der Waals surface area contributed by atoms with Gasteiger partial charge in [-0.05, 0) is 31.9 Å². The number of imide groups is 1. The molecule has 1 aromatic carbocycles. The van der Waals surface area contributed by atoms with Crippen LogP contribution >= 0.6 is 0 Å². The van der Waals surface area contributed by atoms with Crippen molar-refractivity contribution in [3.63, 3.8) is 0 Å². The number of urea groups is 1. The van der Waals surface area contributed by atoms with Crippen LogP contribution in [0.3, 0.4) is 0 Å². The van der Waals surface area contributed by atoms with Gasteiger partial charge < -0.3 is 15.3 Å². The number of amides is 3. The van der Waals surface area contributed by atoms with Crippen LogP contribution in [0.1, 0.15) is 31.4 Å². The maximum absolute atomic E-state index is 12.1. The zero-order valence-electron chi connectivity index (χ0n) is 13.3. The van der Waals surface area contributed by atoms with E-state index in [9.17, 15) is 14.7 Å². The molecule has 0 bridgehead atoms. The number of piperidine rings is 1. The lowest BCUT2D eigenvalue weighted by Gasteiger charge is -2.40. The van der Waals surface area contributed by atoms with E-state index in [1.807, 2.05) is 30.3 Å². The molecule has 23 heavy (non-hydrogen) atoms. The van der Waals surface area contributed by atoms with Gasteiger partial charge in [0.1, 0.15) is 5.54 Å². The number of carbonyl (C=O) groups excluding carboxylic acids is 2. The van der Waals surface area contributed by atoms with E-state index in [1.54, 1.807) is 6.92 Å². The number of benzene rings is 1. The third-order valence-electron chi connectivity index (χ3n) is 5.01. The molecule has 2 aliphatic rings. The van der Waals surface area contributed by atoms with Crippen molar-refractivity contribution in [3.05, 3.63) is 35.9 Å². The monoisotopic (exact) mass is 317 g/mol. The molecule has 3 atom stereocenters. The van der Waals surface area contributed by atoms with Crippen molar-refractivity contribution in [2.45, 2.75) is 31.4 Å². The number of β-amino-alcohol motifs (C(OH)–C–C–N with tert-alkyl or cyclic N) is 1. The van der Waals surface area contributed by atoms with E-state index in [0.717, 1.165) is 24.9 Å². The van der Waals surface area contributed by atoms with Crippen molar-refractivity contribution in [1.29, 1.82) is 0 Å². The molecule has 1 aromatic rings. The molecule has 0 radical (unpaired) electrons. The second kappa shape index (κ2) is 6.29. The standard InChI is InChI=1S/C17H23N3O3/c1-17(15(22)18-16(23)19-17)13-8-5-9-20(10-13)11-14(21)12-6-3-2-4-7-12/h2-4,6-7,13-14,21H,5,8-11H2,1H3,(H2,18,19,22,23). The van der Waals surface area contributed by atoms with Gasteiger partial charge in [0.05, 0.1) is 6.10 Å². The van der Waals surface area contributed by atoms with Crippen molar-refractivity contribution < 1.29 is 14.7 Å². The molecule has 2 fully saturated rings. The van der Waals surface area contributed by atoms with Crippen LogP contribution in [0.4, 0.5) is 4.79 Å². The van der Waals surface area contributed by atoms with Crippen LogP contribution in [0.2, 0.25) is 0 Å². The highest BCUT2D eigenvalue weighted by Gasteiger charge is 2.48. The van der Waals surface area contributed by atoms with Gasteiger partial charge in [-0.2, -0.15) is 0 Å². The summed E-state index contributed by atoms with van der Waals surface area (Å²) < 4.78 is 0. The van der Waals surface area contributed by atoms with Crippen LogP contribution in [0.5, 0.6) is 0 Å². The van der Waals surface area contributed by atoms with Crippen LogP contribution in [0.15, 0.2) is 30.3 Å². The van der Waals surface area contributed by atoms with E-state index in [0.29, 0.717) is 13.1 Å². The van der Waals surface area contributed by atoms with E-state index in [2.05, 4.69) is 15.5 Å². The topological polar surface area (TPSA) is 81.7 Å². The number of likely N-dealkylation sites (tertiary alicyclic amines) is 1. The minimum absolute atomic E-state index is 0.0469. The first kappa shape index (κ1) is 16.0. The highest BCUT2D eigenvalue weighted by Crippen LogP contribution is 2.30. The van der Waals surface area contributed by atoms with E-state index in [1.165, 1.54) is 0 Å². The SMILES string of the molecule is CC1(C2CCCN(CC(O)c3ccccc3)C2)NC(=O)NC1=O. The Hall–Kier alpha value is -1.92. The highest BCUT2D eigenvalue weighted by molar-refractivity contribution is 6.06. The molecule has 3 rings (SSSR count). The Labute approximate surface area is 135 Å². The van der Waals surface area contributed by atoms with Crippen LogP contribution in [-0.2, 0) is 4.79 Å². The molecule has 3 amide bonds. The molecule has 2 aliphatic heterocycles. The molecule has 0 saturated carbocycles. The number of hydrogen-bond donors (Lipinski definition) is 3. The Bertz CT molecular complexity index is 592. The van der Waals surface area contributed by atoms with Gasteiger partial charge in [-0.15, -0.1) is 0 Å². The Morgan fingerprint density at radius 1 is 1.35 bits per heavy atom. The van der Waals surface area contributed by atoms with E-state index in [-0.39, 0.29) is 11.8 Å². The van der Waals surface area contributed by atoms with Crippen LogP contribution in [0.25, 0.3) is 0 Å². The minimum Gasteiger partial charge on any atom is -0.387 e. The molecule has 0 aliphatic carbocycles. The summed E-state index contributed by atoms with van der Waals surface area (Å²) in [7, 11) is 0. The van der Waals surface area contributed by atoms with E-state index < -0.39 is 17.7 Å². The lowest BCUT2D eigenvalue weighted by molar-refractivity contribution is -0.126. The normalized spacial score (nSPS) is 29.9. The van der Waals surface area contributed by atoms with Crippen molar-refractivity contribution in [2.24, 2.45) is 5.92 Å². The summed E-state index contributed by atoms with van der Waals surface area (Å²) in [5, 5.41) is 15.5. The first-order valence-electron chi connectivity index (χ1n) is 8.08. The zero-order valence-corrected chi connectivity index (χ0v) is 13.3. The first-order valence-corrected chi connectivity index (χ1v) is 8.08. The van der Waals surface area contributed by atoms with Crippen LogP contribution < -0.4 is 10.6 Å². The lowest BCUT2D eigenvalue weighted by Crippen LogP contribution is -2.56.